The van der Waals surface area contributed by atoms with Crippen LogP contribution in [0.2, 0.25) is 0 Å². The molecule has 4 rings (SSSR count). The molecule has 2 aromatic carbocycles. The lowest BCUT2D eigenvalue weighted by Gasteiger charge is -2.25. The number of hydrogen-bond donors (Lipinski definition) is 3. The number of benzene rings is 2. The average molecular weight is 361 g/mol. The molecule has 27 heavy (non-hydrogen) atoms. The van der Waals surface area contributed by atoms with Crippen LogP contribution in [0.25, 0.3) is 11.4 Å². The number of carbonyl (C=O) groups is 1. The standard InChI is InChI=1S/C21H23N5O/c22-13-19-24-21(26-25-19)15-8-10-17(11-9-15)23-20(27)12-16-6-3-5-14-4-1-2-7-18(14)16/h1-2,4,7-11,16H,3,5-6,12-13,22H2,(H,23,27)(H,24,25,26). The summed E-state index contributed by atoms with van der Waals surface area (Å²) in [7, 11) is 0. The molecule has 0 spiro atoms. The van der Waals surface area contributed by atoms with Crippen LogP contribution < -0.4 is 11.1 Å². The second-order valence-corrected chi connectivity index (χ2v) is 6.93. The molecule has 0 fully saturated rings. The molecular weight excluding hydrogens is 338 g/mol. The Labute approximate surface area is 158 Å². The molecule has 1 aliphatic rings. The molecule has 4 N–H and O–H groups in total. The van der Waals surface area contributed by atoms with Gasteiger partial charge in [-0.2, -0.15) is 5.10 Å². The Morgan fingerprint density at radius 2 is 2.00 bits per heavy atom. The van der Waals surface area contributed by atoms with Crippen LogP contribution in [-0.2, 0) is 17.8 Å². The van der Waals surface area contributed by atoms with Gasteiger partial charge in [0.2, 0.25) is 5.91 Å². The summed E-state index contributed by atoms with van der Waals surface area (Å²) in [6, 6.07) is 16.0. The molecule has 0 saturated heterocycles. The molecule has 1 atom stereocenters. The summed E-state index contributed by atoms with van der Waals surface area (Å²) in [5.74, 6) is 1.60. The Hall–Kier alpha value is -2.99. The number of rotatable bonds is 5. The van der Waals surface area contributed by atoms with Crippen LogP contribution in [0, 0.1) is 0 Å². The Morgan fingerprint density at radius 1 is 1.19 bits per heavy atom. The van der Waals surface area contributed by atoms with Crippen LogP contribution in [-0.4, -0.2) is 21.1 Å². The van der Waals surface area contributed by atoms with Crippen LogP contribution in [0.5, 0.6) is 0 Å². The molecule has 0 saturated carbocycles. The lowest BCUT2D eigenvalue weighted by molar-refractivity contribution is -0.116. The van der Waals surface area contributed by atoms with Crippen molar-refractivity contribution in [1.29, 1.82) is 0 Å². The largest absolute Gasteiger partial charge is 0.326 e. The van der Waals surface area contributed by atoms with Crippen molar-refractivity contribution in [2.45, 2.75) is 38.1 Å². The number of amides is 1. The summed E-state index contributed by atoms with van der Waals surface area (Å²) in [5, 5.41) is 9.95. The van der Waals surface area contributed by atoms with Crippen molar-refractivity contribution in [3.63, 3.8) is 0 Å². The van der Waals surface area contributed by atoms with Gasteiger partial charge in [0.1, 0.15) is 5.82 Å². The molecule has 0 radical (unpaired) electrons. The maximum Gasteiger partial charge on any atom is 0.224 e. The quantitative estimate of drug-likeness (QED) is 0.649. The average Bonchev–Trinajstić information content (AvgIpc) is 3.18. The highest BCUT2D eigenvalue weighted by Crippen LogP contribution is 2.34. The van der Waals surface area contributed by atoms with E-state index in [0.717, 1.165) is 30.5 Å². The van der Waals surface area contributed by atoms with Gasteiger partial charge in [0.25, 0.3) is 0 Å². The molecule has 6 nitrogen and oxygen atoms in total. The number of aromatic nitrogens is 3. The van der Waals surface area contributed by atoms with Gasteiger partial charge >= 0.3 is 0 Å². The van der Waals surface area contributed by atoms with Crippen LogP contribution in [0.15, 0.2) is 48.5 Å². The number of nitrogens with zero attached hydrogens (tertiary/aromatic N) is 2. The highest BCUT2D eigenvalue weighted by Gasteiger charge is 2.22. The van der Waals surface area contributed by atoms with Crippen LogP contribution >= 0.6 is 0 Å². The van der Waals surface area contributed by atoms with Crippen molar-refractivity contribution in [1.82, 2.24) is 15.2 Å². The van der Waals surface area contributed by atoms with E-state index in [1.807, 2.05) is 24.3 Å². The maximum absolute atomic E-state index is 12.5. The first-order valence-electron chi connectivity index (χ1n) is 9.32. The number of aryl methyl sites for hydroxylation is 1. The van der Waals surface area contributed by atoms with E-state index in [4.69, 9.17) is 5.73 Å². The van der Waals surface area contributed by atoms with E-state index in [0.29, 0.717) is 30.5 Å². The van der Waals surface area contributed by atoms with Crippen molar-refractivity contribution in [3.8, 4) is 11.4 Å². The van der Waals surface area contributed by atoms with E-state index >= 15 is 0 Å². The van der Waals surface area contributed by atoms with Gasteiger partial charge in [-0.25, -0.2) is 4.98 Å². The summed E-state index contributed by atoms with van der Waals surface area (Å²) in [6.45, 7) is 0.325. The third-order valence-electron chi connectivity index (χ3n) is 5.08. The Morgan fingerprint density at radius 3 is 2.78 bits per heavy atom. The molecule has 138 valence electrons. The fraction of sp³-hybridized carbons (Fsp3) is 0.286. The Bertz CT molecular complexity index is 932. The minimum atomic E-state index is 0.0489. The van der Waals surface area contributed by atoms with Crippen molar-refractivity contribution in [2.75, 3.05) is 5.32 Å². The molecule has 1 heterocycles. The van der Waals surface area contributed by atoms with Crippen molar-refractivity contribution in [3.05, 3.63) is 65.5 Å². The zero-order chi connectivity index (χ0) is 18.6. The van der Waals surface area contributed by atoms with Gasteiger partial charge in [-0.1, -0.05) is 24.3 Å². The van der Waals surface area contributed by atoms with Crippen molar-refractivity contribution in [2.24, 2.45) is 5.73 Å². The first kappa shape index (κ1) is 17.4. The monoisotopic (exact) mass is 361 g/mol. The first-order chi connectivity index (χ1) is 13.2. The number of hydrogen-bond acceptors (Lipinski definition) is 4. The predicted molar refractivity (Wildman–Crippen MR) is 105 cm³/mol. The van der Waals surface area contributed by atoms with Gasteiger partial charge in [-0.3, -0.25) is 9.89 Å². The number of carbonyl (C=O) groups excluding carboxylic acids is 1. The minimum absolute atomic E-state index is 0.0489. The Kier molecular flexibility index (Phi) is 4.98. The van der Waals surface area contributed by atoms with Gasteiger partial charge in [0.15, 0.2) is 5.82 Å². The molecule has 0 bridgehead atoms. The molecule has 3 aromatic rings. The molecular formula is C21H23N5O. The summed E-state index contributed by atoms with van der Waals surface area (Å²) in [6.07, 6.45) is 3.84. The van der Waals surface area contributed by atoms with Crippen LogP contribution in [0.4, 0.5) is 5.69 Å². The third-order valence-corrected chi connectivity index (χ3v) is 5.08. The second-order valence-electron chi connectivity index (χ2n) is 6.93. The fourth-order valence-electron chi connectivity index (χ4n) is 3.72. The SMILES string of the molecule is NCc1nc(-c2ccc(NC(=O)CC3CCCc4ccccc43)cc2)n[nH]1. The summed E-state index contributed by atoms with van der Waals surface area (Å²) in [4.78, 5) is 16.8. The zero-order valence-corrected chi connectivity index (χ0v) is 15.1. The zero-order valence-electron chi connectivity index (χ0n) is 15.1. The number of nitrogens with two attached hydrogens (primary N) is 1. The number of anilines is 1. The number of fused-ring (bicyclic) bond motifs is 1. The fourth-order valence-corrected chi connectivity index (χ4v) is 3.72. The normalized spacial score (nSPS) is 16.0. The van der Waals surface area contributed by atoms with Crippen LogP contribution in [0.1, 0.15) is 42.1 Å². The van der Waals surface area contributed by atoms with E-state index in [-0.39, 0.29) is 5.91 Å². The van der Waals surface area contributed by atoms with Crippen molar-refractivity contribution >= 4 is 11.6 Å². The van der Waals surface area contributed by atoms with Gasteiger partial charge < -0.3 is 11.1 Å². The first-order valence-corrected chi connectivity index (χ1v) is 9.32. The van der Waals surface area contributed by atoms with Gasteiger partial charge in [-0.05, 0) is 60.6 Å². The number of H-pyrrole nitrogens is 1. The highest BCUT2D eigenvalue weighted by atomic mass is 16.1. The van der Waals surface area contributed by atoms with E-state index in [9.17, 15) is 4.79 Å². The van der Waals surface area contributed by atoms with Gasteiger partial charge in [-0.15, -0.1) is 0 Å². The molecule has 1 amide bonds. The molecule has 0 aliphatic heterocycles. The number of aromatic amines is 1. The van der Waals surface area contributed by atoms with Gasteiger partial charge in [0, 0.05) is 17.7 Å². The van der Waals surface area contributed by atoms with E-state index < -0.39 is 0 Å². The molecule has 1 aromatic heterocycles. The topological polar surface area (TPSA) is 96.7 Å². The van der Waals surface area contributed by atoms with Crippen molar-refractivity contribution < 1.29 is 4.79 Å². The summed E-state index contributed by atoms with van der Waals surface area (Å²) >= 11 is 0. The number of nitrogens with one attached hydrogen (secondary N) is 2. The lowest BCUT2D eigenvalue weighted by Crippen LogP contribution is -2.18. The smallest absolute Gasteiger partial charge is 0.224 e. The molecule has 6 heteroatoms. The van der Waals surface area contributed by atoms with Crippen LogP contribution in [0.3, 0.4) is 0 Å². The van der Waals surface area contributed by atoms with E-state index in [1.165, 1.54) is 11.1 Å². The molecule has 1 aliphatic carbocycles. The Balaban J connectivity index is 1.40. The van der Waals surface area contributed by atoms with E-state index in [1.54, 1.807) is 0 Å². The summed E-state index contributed by atoms with van der Waals surface area (Å²) < 4.78 is 0. The predicted octanol–water partition coefficient (Wildman–Crippen LogP) is 3.38. The lowest BCUT2D eigenvalue weighted by atomic mass is 9.81. The van der Waals surface area contributed by atoms with E-state index in [2.05, 4.69) is 44.8 Å². The highest BCUT2D eigenvalue weighted by molar-refractivity contribution is 5.91. The molecule has 1 unspecified atom stereocenters. The minimum Gasteiger partial charge on any atom is -0.326 e. The van der Waals surface area contributed by atoms with Gasteiger partial charge in [0.05, 0.1) is 6.54 Å². The maximum atomic E-state index is 12.5. The summed E-state index contributed by atoms with van der Waals surface area (Å²) in [5.41, 5.74) is 9.92. The third kappa shape index (κ3) is 3.90. The second kappa shape index (κ2) is 7.72.